The molecule has 0 saturated carbocycles. The molecule has 5 nitrogen and oxygen atoms in total. The van der Waals surface area contributed by atoms with Crippen molar-refractivity contribution in [2.75, 3.05) is 6.61 Å². The van der Waals surface area contributed by atoms with E-state index in [0.717, 1.165) is 44.1 Å². The normalized spacial score (nSPS) is 22.2. The smallest absolute Gasteiger partial charge is 0.328 e. The summed E-state index contributed by atoms with van der Waals surface area (Å²) in [5, 5.41) is 17.6. The van der Waals surface area contributed by atoms with Crippen LogP contribution in [-0.4, -0.2) is 34.9 Å². The van der Waals surface area contributed by atoms with Crippen LogP contribution in [0.5, 0.6) is 0 Å². The van der Waals surface area contributed by atoms with Gasteiger partial charge in [0, 0.05) is 6.08 Å². The number of unbranched alkanes of at least 4 members (excludes halogenated alkanes) is 3. The van der Waals surface area contributed by atoms with Crippen molar-refractivity contribution >= 4 is 11.9 Å². The number of aliphatic hydroxyl groups excluding tert-OH is 1. The third kappa shape index (κ3) is 6.43. The van der Waals surface area contributed by atoms with Crippen molar-refractivity contribution in [2.45, 2.75) is 58.5 Å². The van der Waals surface area contributed by atoms with Gasteiger partial charge < -0.3 is 14.9 Å². The lowest BCUT2D eigenvalue weighted by Gasteiger charge is -2.33. The fourth-order valence-electron chi connectivity index (χ4n) is 2.65. The molecule has 0 aromatic rings. The second kappa shape index (κ2) is 9.41. The Hall–Kier alpha value is -1.62. The zero-order valence-electron chi connectivity index (χ0n) is 13.4. The van der Waals surface area contributed by atoms with E-state index in [4.69, 9.17) is 14.9 Å². The van der Waals surface area contributed by atoms with E-state index in [2.05, 4.69) is 0 Å². The summed E-state index contributed by atoms with van der Waals surface area (Å²) in [6, 6.07) is 0. The molecule has 124 valence electrons. The van der Waals surface area contributed by atoms with Crippen LogP contribution >= 0.6 is 0 Å². The predicted molar refractivity (Wildman–Crippen MR) is 83.3 cm³/mol. The number of allylic oxidation sites excluding steroid dienone is 3. The molecule has 1 rings (SSSR count). The molecule has 1 fully saturated rings. The maximum absolute atomic E-state index is 11.0. The van der Waals surface area contributed by atoms with E-state index >= 15 is 0 Å². The number of carboxylic acid groups (broad SMARTS) is 1. The standard InChI is InChI=1S/C17H26O5/c1-12(9-13(2)10-16(19)20)7-5-3-4-6-8-15-14(11-18)17(21)22-15/h9-10,14-15,18H,3-8,11H2,1-2H3,(H,19,20)/b12-9+,13-10+/t14-,15-/m1/s1. The Bertz CT molecular complexity index is 450. The lowest BCUT2D eigenvalue weighted by Crippen LogP contribution is -2.47. The van der Waals surface area contributed by atoms with Gasteiger partial charge in [-0.2, -0.15) is 0 Å². The average molecular weight is 310 g/mol. The highest BCUT2D eigenvalue weighted by molar-refractivity contribution is 5.81. The lowest BCUT2D eigenvalue weighted by atomic mass is 9.93. The molecule has 2 atom stereocenters. The maximum Gasteiger partial charge on any atom is 0.328 e. The van der Waals surface area contributed by atoms with Gasteiger partial charge in [0.05, 0.1) is 6.61 Å². The number of hydrogen-bond donors (Lipinski definition) is 2. The second-order valence-electron chi connectivity index (χ2n) is 5.93. The summed E-state index contributed by atoms with van der Waals surface area (Å²) < 4.78 is 5.00. The highest BCUT2D eigenvalue weighted by Crippen LogP contribution is 2.26. The van der Waals surface area contributed by atoms with E-state index in [1.54, 1.807) is 6.92 Å². The van der Waals surface area contributed by atoms with E-state index in [0.29, 0.717) is 0 Å². The van der Waals surface area contributed by atoms with Crippen LogP contribution < -0.4 is 0 Å². The highest BCUT2D eigenvalue weighted by atomic mass is 16.6. The molecule has 0 unspecified atom stereocenters. The molecular formula is C17H26O5. The van der Waals surface area contributed by atoms with E-state index in [9.17, 15) is 9.59 Å². The van der Waals surface area contributed by atoms with Gasteiger partial charge in [-0.1, -0.05) is 24.5 Å². The third-order valence-corrected chi connectivity index (χ3v) is 3.85. The van der Waals surface area contributed by atoms with Crippen molar-refractivity contribution in [3.63, 3.8) is 0 Å². The fourth-order valence-corrected chi connectivity index (χ4v) is 2.65. The highest BCUT2D eigenvalue weighted by Gasteiger charge is 2.40. The quantitative estimate of drug-likeness (QED) is 0.280. The summed E-state index contributed by atoms with van der Waals surface area (Å²) in [6.07, 6.45) is 9.04. The molecule has 0 bridgehead atoms. The van der Waals surface area contributed by atoms with Crippen LogP contribution in [0, 0.1) is 5.92 Å². The number of carboxylic acids is 1. The molecule has 0 spiro atoms. The zero-order chi connectivity index (χ0) is 16.5. The van der Waals surface area contributed by atoms with E-state index in [1.807, 2.05) is 13.0 Å². The Morgan fingerprint density at radius 1 is 1.18 bits per heavy atom. The summed E-state index contributed by atoms with van der Waals surface area (Å²) in [4.78, 5) is 21.5. The van der Waals surface area contributed by atoms with Crippen LogP contribution in [0.2, 0.25) is 0 Å². The fraction of sp³-hybridized carbons (Fsp3) is 0.647. The summed E-state index contributed by atoms with van der Waals surface area (Å²) in [5.41, 5.74) is 1.94. The monoisotopic (exact) mass is 310 g/mol. The number of aliphatic hydroxyl groups is 1. The van der Waals surface area contributed by atoms with Gasteiger partial charge in [0.25, 0.3) is 0 Å². The van der Waals surface area contributed by atoms with Crippen molar-refractivity contribution in [1.29, 1.82) is 0 Å². The number of hydrogen-bond acceptors (Lipinski definition) is 4. The second-order valence-corrected chi connectivity index (χ2v) is 5.93. The Kier molecular flexibility index (Phi) is 7.88. The molecule has 0 radical (unpaired) electrons. The number of ether oxygens (including phenoxy) is 1. The summed E-state index contributed by atoms with van der Waals surface area (Å²) >= 11 is 0. The molecule has 0 aromatic heterocycles. The van der Waals surface area contributed by atoms with Crippen molar-refractivity contribution in [3.05, 3.63) is 23.3 Å². The molecule has 2 N–H and O–H groups in total. The minimum Gasteiger partial charge on any atom is -0.478 e. The van der Waals surface area contributed by atoms with E-state index < -0.39 is 5.97 Å². The van der Waals surface area contributed by atoms with Crippen LogP contribution in [0.3, 0.4) is 0 Å². The average Bonchev–Trinajstić information content (AvgIpc) is 2.40. The molecule has 1 saturated heterocycles. The minimum atomic E-state index is -0.917. The van der Waals surface area contributed by atoms with Gasteiger partial charge in [-0.15, -0.1) is 0 Å². The number of esters is 1. The van der Waals surface area contributed by atoms with E-state index in [-0.39, 0.29) is 24.6 Å². The molecular weight excluding hydrogens is 284 g/mol. The topological polar surface area (TPSA) is 83.8 Å². The number of carbonyl (C=O) groups excluding carboxylic acids is 1. The molecule has 22 heavy (non-hydrogen) atoms. The van der Waals surface area contributed by atoms with E-state index in [1.165, 1.54) is 11.6 Å². The maximum atomic E-state index is 11.0. The SMILES string of the molecule is CC(=C\C(=O)O)/C=C(\C)CCCCCC[C@H]1OC(=O)[C@@H]1CO. The van der Waals surface area contributed by atoms with Crippen molar-refractivity contribution in [2.24, 2.45) is 5.92 Å². The Morgan fingerprint density at radius 3 is 2.45 bits per heavy atom. The van der Waals surface area contributed by atoms with Gasteiger partial charge in [-0.25, -0.2) is 4.79 Å². The van der Waals surface area contributed by atoms with Gasteiger partial charge >= 0.3 is 11.9 Å². The summed E-state index contributed by atoms with van der Waals surface area (Å²) in [7, 11) is 0. The van der Waals surface area contributed by atoms with Crippen LogP contribution in [-0.2, 0) is 14.3 Å². The Balaban J connectivity index is 2.09. The van der Waals surface area contributed by atoms with Gasteiger partial charge in [-0.3, -0.25) is 4.79 Å². The molecule has 1 aliphatic heterocycles. The van der Waals surface area contributed by atoms with Gasteiger partial charge in [0.15, 0.2) is 0 Å². The van der Waals surface area contributed by atoms with Crippen LogP contribution in [0.1, 0.15) is 52.4 Å². The first-order valence-corrected chi connectivity index (χ1v) is 7.83. The third-order valence-electron chi connectivity index (χ3n) is 3.85. The van der Waals surface area contributed by atoms with Crippen LogP contribution in [0.4, 0.5) is 0 Å². The van der Waals surface area contributed by atoms with Crippen molar-refractivity contribution in [3.8, 4) is 0 Å². The number of rotatable bonds is 10. The van der Waals surface area contributed by atoms with Crippen LogP contribution in [0.25, 0.3) is 0 Å². The van der Waals surface area contributed by atoms with Gasteiger partial charge in [0.1, 0.15) is 12.0 Å². The van der Waals surface area contributed by atoms with Crippen molar-refractivity contribution in [1.82, 2.24) is 0 Å². The van der Waals surface area contributed by atoms with Crippen molar-refractivity contribution < 1.29 is 24.5 Å². The minimum absolute atomic E-state index is 0.0945. The summed E-state index contributed by atoms with van der Waals surface area (Å²) in [5.74, 6) is -1.51. The first-order valence-electron chi connectivity index (χ1n) is 7.83. The predicted octanol–water partition coefficient (Wildman–Crippen LogP) is 2.84. The largest absolute Gasteiger partial charge is 0.478 e. The van der Waals surface area contributed by atoms with Gasteiger partial charge in [-0.05, 0) is 45.1 Å². The number of cyclic esters (lactones) is 1. The van der Waals surface area contributed by atoms with Crippen LogP contribution in [0.15, 0.2) is 23.3 Å². The molecule has 0 aromatic carbocycles. The van der Waals surface area contributed by atoms with Gasteiger partial charge in [0.2, 0.25) is 0 Å². The molecule has 1 aliphatic rings. The molecule has 5 heteroatoms. The molecule has 0 aliphatic carbocycles. The first kappa shape index (κ1) is 18.4. The zero-order valence-corrected chi connectivity index (χ0v) is 13.4. The molecule has 0 amide bonds. The Morgan fingerprint density at radius 2 is 1.86 bits per heavy atom. The number of aliphatic carboxylic acids is 1. The Labute approximate surface area is 131 Å². The lowest BCUT2D eigenvalue weighted by molar-refractivity contribution is -0.189. The first-order chi connectivity index (χ1) is 10.4. The number of carbonyl (C=O) groups is 2. The summed E-state index contributed by atoms with van der Waals surface area (Å²) in [6.45, 7) is 3.69. The molecule has 1 heterocycles.